The number of nitrogens with zero attached hydrogens (tertiary/aromatic N) is 1. The lowest BCUT2D eigenvalue weighted by molar-refractivity contribution is 0.0940. The first-order valence-corrected chi connectivity index (χ1v) is 7.93. The van der Waals surface area contributed by atoms with Gasteiger partial charge in [-0.3, -0.25) is 4.79 Å². The molecule has 6 heteroatoms. The Morgan fingerprint density at radius 2 is 2.26 bits per heavy atom. The highest BCUT2D eigenvalue weighted by Gasteiger charge is 2.14. The van der Waals surface area contributed by atoms with Crippen LogP contribution in [0.4, 0.5) is 0 Å². The van der Waals surface area contributed by atoms with E-state index in [-0.39, 0.29) is 11.9 Å². The quantitative estimate of drug-likeness (QED) is 0.776. The zero-order valence-electron chi connectivity index (χ0n) is 10.4. The summed E-state index contributed by atoms with van der Waals surface area (Å²) < 4.78 is 0.930. The number of benzene rings is 1. The van der Waals surface area contributed by atoms with Crippen LogP contribution in [0, 0.1) is 10.5 Å². The van der Waals surface area contributed by atoms with Crippen molar-refractivity contribution >= 4 is 51.4 Å². The second-order valence-corrected chi connectivity index (χ2v) is 6.97. The molecule has 100 valence electrons. The summed E-state index contributed by atoms with van der Waals surface area (Å²) in [4.78, 5) is 17.5. The first-order valence-electron chi connectivity index (χ1n) is 5.65. The van der Waals surface area contributed by atoms with E-state index in [4.69, 9.17) is 11.6 Å². The molecule has 0 spiro atoms. The van der Waals surface area contributed by atoms with Gasteiger partial charge in [-0.15, -0.1) is 11.3 Å². The first kappa shape index (κ1) is 14.7. The number of thiazole rings is 1. The second-order valence-electron chi connectivity index (χ2n) is 4.13. The smallest absolute Gasteiger partial charge is 0.251 e. The van der Waals surface area contributed by atoms with Crippen molar-refractivity contribution in [2.75, 3.05) is 0 Å². The van der Waals surface area contributed by atoms with E-state index in [1.807, 2.05) is 26.1 Å². The van der Waals surface area contributed by atoms with E-state index in [1.54, 1.807) is 23.5 Å². The molecule has 1 aromatic heterocycles. The molecule has 1 heterocycles. The number of amides is 1. The van der Waals surface area contributed by atoms with Crippen LogP contribution < -0.4 is 5.32 Å². The molecule has 0 saturated carbocycles. The van der Waals surface area contributed by atoms with E-state index in [2.05, 4.69) is 32.9 Å². The van der Waals surface area contributed by atoms with Crippen LogP contribution in [0.2, 0.25) is 5.02 Å². The summed E-state index contributed by atoms with van der Waals surface area (Å²) in [6.45, 7) is 3.92. The van der Waals surface area contributed by atoms with E-state index < -0.39 is 0 Å². The van der Waals surface area contributed by atoms with Crippen molar-refractivity contribution < 1.29 is 4.79 Å². The molecular formula is C13H12ClIN2OS. The largest absolute Gasteiger partial charge is 0.343 e. The fourth-order valence-electron chi connectivity index (χ4n) is 1.55. The standard InChI is InChI=1S/C13H12ClIN2OS/c1-7-6-16-13(19-7)8(2)17-12(18)9-3-4-11(15)10(14)5-9/h3-6,8H,1-2H3,(H,17,18). The summed E-state index contributed by atoms with van der Waals surface area (Å²) in [6, 6.07) is 5.17. The fourth-order valence-corrected chi connectivity index (χ4v) is 2.84. The summed E-state index contributed by atoms with van der Waals surface area (Å²) in [5.74, 6) is -0.140. The maximum Gasteiger partial charge on any atom is 0.251 e. The van der Waals surface area contributed by atoms with Crippen LogP contribution in [-0.4, -0.2) is 10.9 Å². The number of hydrogen-bond acceptors (Lipinski definition) is 3. The van der Waals surface area contributed by atoms with Crippen molar-refractivity contribution in [3.05, 3.63) is 48.4 Å². The molecule has 0 fully saturated rings. The van der Waals surface area contributed by atoms with Crippen molar-refractivity contribution in [1.29, 1.82) is 0 Å². The Hall–Kier alpha value is -0.660. The Bertz CT molecular complexity index is 614. The van der Waals surface area contributed by atoms with Gasteiger partial charge in [0.2, 0.25) is 0 Å². The van der Waals surface area contributed by atoms with Gasteiger partial charge in [-0.05, 0) is 54.6 Å². The van der Waals surface area contributed by atoms with E-state index in [9.17, 15) is 4.79 Å². The number of halogens is 2. The van der Waals surface area contributed by atoms with Gasteiger partial charge in [-0.25, -0.2) is 4.98 Å². The van der Waals surface area contributed by atoms with Crippen LogP contribution in [0.1, 0.15) is 33.2 Å². The Morgan fingerprint density at radius 1 is 1.53 bits per heavy atom. The molecule has 1 atom stereocenters. The normalized spacial score (nSPS) is 12.2. The molecule has 0 radical (unpaired) electrons. The molecule has 2 aromatic rings. The molecule has 1 unspecified atom stereocenters. The van der Waals surface area contributed by atoms with Gasteiger partial charge in [-0.2, -0.15) is 0 Å². The van der Waals surface area contributed by atoms with Crippen LogP contribution >= 0.6 is 45.5 Å². The predicted molar refractivity (Wildman–Crippen MR) is 86.9 cm³/mol. The van der Waals surface area contributed by atoms with E-state index in [1.165, 1.54) is 0 Å². The molecule has 0 aliphatic rings. The predicted octanol–water partition coefficient (Wildman–Crippen LogP) is 4.20. The molecule has 0 saturated heterocycles. The molecule has 1 N–H and O–H groups in total. The van der Waals surface area contributed by atoms with Crippen LogP contribution in [0.15, 0.2) is 24.4 Å². The van der Waals surface area contributed by atoms with Crippen LogP contribution in [0.25, 0.3) is 0 Å². The molecule has 3 nitrogen and oxygen atoms in total. The number of nitrogens with one attached hydrogen (secondary N) is 1. The third-order valence-corrected chi connectivity index (χ3v) is 5.21. The summed E-state index contributed by atoms with van der Waals surface area (Å²) in [6.07, 6.45) is 1.81. The molecule has 0 bridgehead atoms. The molecule has 2 rings (SSSR count). The van der Waals surface area contributed by atoms with Crippen molar-refractivity contribution in [3.63, 3.8) is 0 Å². The molecule has 19 heavy (non-hydrogen) atoms. The molecule has 1 amide bonds. The van der Waals surface area contributed by atoms with Crippen molar-refractivity contribution in [1.82, 2.24) is 10.3 Å². The van der Waals surface area contributed by atoms with Gasteiger partial charge < -0.3 is 5.32 Å². The average Bonchev–Trinajstić information content (AvgIpc) is 2.79. The van der Waals surface area contributed by atoms with Crippen molar-refractivity contribution in [3.8, 4) is 0 Å². The van der Waals surface area contributed by atoms with Crippen molar-refractivity contribution in [2.24, 2.45) is 0 Å². The summed E-state index contributed by atoms with van der Waals surface area (Å²) in [7, 11) is 0. The lowest BCUT2D eigenvalue weighted by Gasteiger charge is -2.11. The molecule has 0 aliphatic carbocycles. The lowest BCUT2D eigenvalue weighted by atomic mass is 10.2. The van der Waals surface area contributed by atoms with Gasteiger partial charge in [0, 0.05) is 20.2 Å². The summed E-state index contributed by atoms with van der Waals surface area (Å²) >= 11 is 9.73. The summed E-state index contributed by atoms with van der Waals surface area (Å²) in [5.41, 5.74) is 0.561. The second kappa shape index (κ2) is 6.19. The zero-order valence-corrected chi connectivity index (χ0v) is 14.1. The number of hydrogen-bond donors (Lipinski definition) is 1. The molecule has 1 aromatic carbocycles. The van der Waals surface area contributed by atoms with Gasteiger partial charge in [0.1, 0.15) is 5.01 Å². The number of rotatable bonds is 3. The Labute approximate surface area is 134 Å². The van der Waals surface area contributed by atoms with Crippen molar-refractivity contribution in [2.45, 2.75) is 19.9 Å². The first-order chi connectivity index (χ1) is 8.97. The Morgan fingerprint density at radius 3 is 2.84 bits per heavy atom. The van der Waals surface area contributed by atoms with Gasteiger partial charge in [0.15, 0.2) is 0 Å². The van der Waals surface area contributed by atoms with Gasteiger partial charge in [0.25, 0.3) is 5.91 Å². The van der Waals surface area contributed by atoms with E-state index in [0.717, 1.165) is 13.5 Å². The van der Waals surface area contributed by atoms with Crippen LogP contribution in [0.5, 0.6) is 0 Å². The maximum atomic E-state index is 12.1. The SMILES string of the molecule is Cc1cnc(C(C)NC(=O)c2ccc(I)c(Cl)c2)s1. The van der Waals surface area contributed by atoms with Gasteiger partial charge in [-0.1, -0.05) is 11.6 Å². The maximum absolute atomic E-state index is 12.1. The van der Waals surface area contributed by atoms with Gasteiger partial charge >= 0.3 is 0 Å². The molecular weight excluding hydrogens is 395 g/mol. The third kappa shape index (κ3) is 3.67. The topological polar surface area (TPSA) is 42.0 Å². The van der Waals surface area contributed by atoms with E-state index in [0.29, 0.717) is 10.6 Å². The van der Waals surface area contributed by atoms with E-state index >= 15 is 0 Å². The third-order valence-electron chi connectivity index (χ3n) is 2.54. The van der Waals surface area contributed by atoms with Crippen LogP contribution in [0.3, 0.4) is 0 Å². The minimum atomic E-state index is -0.140. The monoisotopic (exact) mass is 406 g/mol. The minimum Gasteiger partial charge on any atom is -0.343 e. The van der Waals surface area contributed by atoms with Crippen LogP contribution in [-0.2, 0) is 0 Å². The minimum absolute atomic E-state index is 0.107. The Kier molecular flexibility index (Phi) is 4.81. The number of aryl methyl sites for hydroxylation is 1. The lowest BCUT2D eigenvalue weighted by Crippen LogP contribution is -2.26. The number of carbonyl (C=O) groups excluding carboxylic acids is 1. The highest BCUT2D eigenvalue weighted by molar-refractivity contribution is 14.1. The summed E-state index contributed by atoms with van der Waals surface area (Å²) in [5, 5.41) is 4.41. The molecule has 0 aliphatic heterocycles. The number of aromatic nitrogens is 1. The number of carbonyl (C=O) groups is 1. The fraction of sp³-hybridized carbons (Fsp3) is 0.231. The van der Waals surface area contributed by atoms with Gasteiger partial charge in [0.05, 0.1) is 11.1 Å². The average molecular weight is 407 g/mol. The highest BCUT2D eigenvalue weighted by Crippen LogP contribution is 2.22. The zero-order chi connectivity index (χ0) is 14.0. The highest BCUT2D eigenvalue weighted by atomic mass is 127. The Balaban J connectivity index is 2.10.